The average molecular weight is 280 g/mol. The summed E-state index contributed by atoms with van der Waals surface area (Å²) in [5, 5.41) is 18.9. The van der Waals surface area contributed by atoms with Crippen molar-refractivity contribution < 1.29 is 19.8 Å². The van der Waals surface area contributed by atoms with Crippen molar-refractivity contribution in [2.75, 3.05) is 14.1 Å². The topological polar surface area (TPSA) is 81.1 Å². The van der Waals surface area contributed by atoms with Crippen LogP contribution in [0.15, 0.2) is 24.3 Å². The molecule has 0 aromatic heterocycles. The maximum atomic E-state index is 12.2. The van der Waals surface area contributed by atoms with E-state index in [-0.39, 0.29) is 11.1 Å². The number of benzene rings is 1. The summed E-state index contributed by atoms with van der Waals surface area (Å²) in [5.74, 6) is -0.911. The zero-order chi connectivity index (χ0) is 15.4. The molecule has 0 aliphatic carbocycles. The number of hydrogen-bond acceptors (Lipinski definition) is 4. The maximum Gasteiger partial charge on any atom is 0.256 e. The van der Waals surface area contributed by atoms with E-state index >= 15 is 0 Å². The highest BCUT2D eigenvalue weighted by Gasteiger charge is 2.24. The van der Waals surface area contributed by atoms with Crippen LogP contribution < -0.4 is 0 Å². The van der Waals surface area contributed by atoms with Crippen molar-refractivity contribution in [3.05, 3.63) is 35.4 Å². The molecule has 1 aromatic carbocycles. The quantitative estimate of drug-likeness (QED) is 0.787. The van der Waals surface area contributed by atoms with E-state index in [0.717, 1.165) is 9.80 Å². The Bertz CT molecular complexity index is 455. The van der Waals surface area contributed by atoms with Crippen LogP contribution in [0.1, 0.15) is 34.6 Å². The van der Waals surface area contributed by atoms with E-state index in [1.807, 2.05) is 0 Å². The van der Waals surface area contributed by atoms with Crippen LogP contribution in [0.5, 0.6) is 0 Å². The Balaban J connectivity index is 3.18. The molecule has 2 unspecified atom stereocenters. The first-order valence-corrected chi connectivity index (χ1v) is 6.26. The summed E-state index contributed by atoms with van der Waals surface area (Å²) in [6.45, 7) is 2.93. The van der Waals surface area contributed by atoms with Gasteiger partial charge in [-0.15, -0.1) is 0 Å². The normalized spacial score (nSPS) is 13.5. The summed E-state index contributed by atoms with van der Waals surface area (Å²) in [4.78, 5) is 26.7. The molecule has 0 fully saturated rings. The molecule has 0 saturated heterocycles. The highest BCUT2D eigenvalue weighted by atomic mass is 16.3. The van der Waals surface area contributed by atoms with Crippen LogP contribution in [-0.2, 0) is 0 Å². The Kier molecular flexibility index (Phi) is 5.24. The fraction of sp³-hybridized carbons (Fsp3) is 0.429. The van der Waals surface area contributed by atoms with Crippen molar-refractivity contribution in [2.45, 2.75) is 26.3 Å². The Labute approximate surface area is 118 Å². The number of nitrogens with zero attached hydrogens (tertiary/aromatic N) is 2. The van der Waals surface area contributed by atoms with Crippen LogP contribution in [-0.4, -0.2) is 58.4 Å². The molecular formula is C14H20N2O4. The van der Waals surface area contributed by atoms with Gasteiger partial charge in [-0.05, 0) is 26.0 Å². The SMILES string of the molecule is CC(O)N(C)C(=O)c1ccccc1C(=O)N(C)C(C)O. The molecule has 1 rings (SSSR count). The second-order valence-electron chi connectivity index (χ2n) is 4.64. The van der Waals surface area contributed by atoms with Crippen molar-refractivity contribution >= 4 is 11.8 Å². The van der Waals surface area contributed by atoms with Gasteiger partial charge >= 0.3 is 0 Å². The third-order valence-corrected chi connectivity index (χ3v) is 3.15. The van der Waals surface area contributed by atoms with Gasteiger partial charge in [0.15, 0.2) is 0 Å². The molecule has 2 atom stereocenters. The summed E-state index contributed by atoms with van der Waals surface area (Å²) in [7, 11) is 2.90. The average Bonchev–Trinajstić information content (AvgIpc) is 2.43. The predicted octanol–water partition coefficient (Wildman–Crippen LogP) is 0.507. The lowest BCUT2D eigenvalue weighted by Gasteiger charge is -2.24. The molecule has 0 aliphatic rings. The van der Waals surface area contributed by atoms with Crippen LogP contribution in [0.25, 0.3) is 0 Å². The Morgan fingerprint density at radius 2 is 1.20 bits per heavy atom. The minimum Gasteiger partial charge on any atom is -0.374 e. The molecule has 0 radical (unpaired) electrons. The molecule has 6 nitrogen and oxygen atoms in total. The number of aliphatic hydroxyl groups is 2. The number of rotatable bonds is 4. The fourth-order valence-corrected chi connectivity index (χ4v) is 1.58. The Morgan fingerprint density at radius 3 is 1.45 bits per heavy atom. The second-order valence-corrected chi connectivity index (χ2v) is 4.64. The molecule has 0 bridgehead atoms. The van der Waals surface area contributed by atoms with E-state index in [2.05, 4.69) is 0 Å². The number of aliphatic hydroxyl groups excluding tert-OH is 2. The fourth-order valence-electron chi connectivity index (χ4n) is 1.58. The van der Waals surface area contributed by atoms with E-state index < -0.39 is 24.3 Å². The standard InChI is InChI=1S/C14H20N2O4/c1-9(17)15(3)13(19)11-7-5-6-8-12(11)14(20)16(4)10(2)18/h5-10,17-18H,1-4H3. The molecule has 20 heavy (non-hydrogen) atoms. The summed E-state index contributed by atoms with van der Waals surface area (Å²) in [6.07, 6.45) is -1.92. The zero-order valence-corrected chi connectivity index (χ0v) is 12.1. The van der Waals surface area contributed by atoms with Crippen LogP contribution in [0.2, 0.25) is 0 Å². The third-order valence-electron chi connectivity index (χ3n) is 3.15. The smallest absolute Gasteiger partial charge is 0.256 e. The van der Waals surface area contributed by atoms with Gasteiger partial charge < -0.3 is 20.0 Å². The van der Waals surface area contributed by atoms with Crippen LogP contribution in [0, 0.1) is 0 Å². The first-order valence-electron chi connectivity index (χ1n) is 6.26. The van der Waals surface area contributed by atoms with Gasteiger partial charge in [-0.1, -0.05) is 12.1 Å². The first-order chi connectivity index (χ1) is 9.27. The molecule has 110 valence electrons. The predicted molar refractivity (Wildman–Crippen MR) is 74.0 cm³/mol. The van der Waals surface area contributed by atoms with Gasteiger partial charge in [-0.2, -0.15) is 0 Å². The number of carbonyl (C=O) groups excluding carboxylic acids is 2. The molecule has 0 heterocycles. The van der Waals surface area contributed by atoms with Gasteiger partial charge in [0, 0.05) is 14.1 Å². The molecule has 0 spiro atoms. The largest absolute Gasteiger partial charge is 0.374 e. The van der Waals surface area contributed by atoms with Gasteiger partial charge in [0.2, 0.25) is 0 Å². The highest BCUT2D eigenvalue weighted by molar-refractivity contribution is 6.07. The van der Waals surface area contributed by atoms with Gasteiger partial charge in [0.1, 0.15) is 12.5 Å². The summed E-state index contributed by atoms with van der Waals surface area (Å²) < 4.78 is 0. The number of carbonyl (C=O) groups is 2. The Hall–Kier alpha value is -1.92. The van der Waals surface area contributed by atoms with Crippen LogP contribution in [0.3, 0.4) is 0 Å². The number of hydrogen-bond donors (Lipinski definition) is 2. The molecular weight excluding hydrogens is 260 g/mol. The molecule has 1 aromatic rings. The highest BCUT2D eigenvalue weighted by Crippen LogP contribution is 2.15. The lowest BCUT2D eigenvalue weighted by atomic mass is 10.0. The van der Waals surface area contributed by atoms with E-state index in [0.29, 0.717) is 0 Å². The van der Waals surface area contributed by atoms with Crippen LogP contribution >= 0.6 is 0 Å². The van der Waals surface area contributed by atoms with Crippen molar-refractivity contribution in [1.82, 2.24) is 9.80 Å². The van der Waals surface area contributed by atoms with Crippen LogP contribution in [0.4, 0.5) is 0 Å². The van der Waals surface area contributed by atoms with Gasteiger partial charge in [0.05, 0.1) is 11.1 Å². The third kappa shape index (κ3) is 3.34. The Morgan fingerprint density at radius 1 is 0.900 bits per heavy atom. The van der Waals surface area contributed by atoms with Gasteiger partial charge in [-0.3, -0.25) is 9.59 Å². The summed E-state index contributed by atoms with van der Waals surface area (Å²) in [5.41, 5.74) is 0.377. The monoisotopic (exact) mass is 280 g/mol. The molecule has 0 saturated carbocycles. The summed E-state index contributed by atoms with van der Waals surface area (Å²) in [6, 6.07) is 6.32. The van der Waals surface area contributed by atoms with E-state index in [4.69, 9.17) is 0 Å². The molecule has 2 N–H and O–H groups in total. The minimum atomic E-state index is -0.958. The van der Waals surface area contributed by atoms with E-state index in [9.17, 15) is 19.8 Å². The second kappa shape index (κ2) is 6.49. The van der Waals surface area contributed by atoms with Crippen molar-refractivity contribution in [2.24, 2.45) is 0 Å². The zero-order valence-electron chi connectivity index (χ0n) is 12.1. The van der Waals surface area contributed by atoms with Crippen molar-refractivity contribution in [3.8, 4) is 0 Å². The van der Waals surface area contributed by atoms with E-state index in [1.165, 1.54) is 40.1 Å². The first kappa shape index (κ1) is 16.1. The minimum absolute atomic E-state index is 0.188. The molecule has 6 heteroatoms. The molecule has 2 amide bonds. The van der Waals surface area contributed by atoms with Crippen molar-refractivity contribution in [1.29, 1.82) is 0 Å². The lowest BCUT2D eigenvalue weighted by Crippen LogP contribution is -2.38. The molecule has 0 aliphatic heterocycles. The maximum absolute atomic E-state index is 12.2. The van der Waals surface area contributed by atoms with E-state index in [1.54, 1.807) is 12.1 Å². The van der Waals surface area contributed by atoms with Crippen molar-refractivity contribution in [3.63, 3.8) is 0 Å². The lowest BCUT2D eigenvalue weighted by molar-refractivity contribution is 0.0256. The van der Waals surface area contributed by atoms with Gasteiger partial charge in [0.25, 0.3) is 11.8 Å². The van der Waals surface area contributed by atoms with Gasteiger partial charge in [-0.25, -0.2) is 0 Å². The number of amides is 2. The summed E-state index contributed by atoms with van der Waals surface area (Å²) >= 11 is 0.